The highest BCUT2D eigenvalue weighted by molar-refractivity contribution is 9.10. The van der Waals surface area contributed by atoms with Crippen LogP contribution in [0, 0.1) is 0 Å². The molecule has 0 radical (unpaired) electrons. The van der Waals surface area contributed by atoms with Crippen LogP contribution in [-0.2, 0) is 6.54 Å². The third-order valence-electron chi connectivity index (χ3n) is 2.13. The van der Waals surface area contributed by atoms with Crippen molar-refractivity contribution in [2.24, 2.45) is 0 Å². The summed E-state index contributed by atoms with van der Waals surface area (Å²) in [4.78, 5) is 14.7. The van der Waals surface area contributed by atoms with Crippen LogP contribution >= 0.6 is 38.9 Å². The number of nitrogens with zero attached hydrogens (tertiary/aromatic N) is 1. The Morgan fingerprint density at radius 3 is 2.94 bits per heavy atom. The second-order valence-electron chi connectivity index (χ2n) is 3.43. The predicted molar refractivity (Wildman–Crippen MR) is 75.6 cm³/mol. The van der Waals surface area contributed by atoms with Gasteiger partial charge < -0.3 is 10.4 Å². The van der Waals surface area contributed by atoms with Gasteiger partial charge in [0.15, 0.2) is 0 Å². The highest BCUT2D eigenvalue weighted by atomic mass is 79.9. The van der Waals surface area contributed by atoms with Gasteiger partial charge in [0, 0.05) is 20.6 Å². The van der Waals surface area contributed by atoms with Gasteiger partial charge in [0.25, 0.3) is 0 Å². The third kappa shape index (κ3) is 3.22. The molecule has 4 nitrogen and oxygen atoms in total. The van der Waals surface area contributed by atoms with Gasteiger partial charge in [0.1, 0.15) is 0 Å². The second kappa shape index (κ2) is 5.69. The molecule has 1 aromatic carbocycles. The fourth-order valence-corrected chi connectivity index (χ4v) is 2.78. The molecule has 0 atom stereocenters. The van der Waals surface area contributed by atoms with Crippen LogP contribution in [0.25, 0.3) is 0 Å². The first kappa shape index (κ1) is 13.3. The largest absolute Gasteiger partial charge is 0.476 e. The summed E-state index contributed by atoms with van der Waals surface area (Å²) in [5, 5.41) is 14.4. The lowest BCUT2D eigenvalue weighted by atomic mass is 10.3. The van der Waals surface area contributed by atoms with E-state index in [2.05, 4.69) is 26.2 Å². The van der Waals surface area contributed by atoms with E-state index in [0.717, 1.165) is 21.5 Å². The number of hydrogen-bond donors (Lipinski definition) is 2. The molecule has 0 aliphatic rings. The van der Waals surface area contributed by atoms with Gasteiger partial charge in [-0.3, -0.25) is 0 Å². The lowest BCUT2D eigenvalue weighted by Gasteiger charge is -2.07. The van der Waals surface area contributed by atoms with E-state index < -0.39 is 5.97 Å². The Labute approximate surface area is 121 Å². The third-order valence-corrected chi connectivity index (χ3v) is 3.90. The van der Waals surface area contributed by atoms with Gasteiger partial charge in [-0.05, 0) is 34.1 Å². The molecule has 0 fully saturated rings. The van der Waals surface area contributed by atoms with E-state index in [9.17, 15) is 4.79 Å². The highest BCUT2D eigenvalue weighted by Crippen LogP contribution is 2.26. The molecule has 0 amide bonds. The number of carbonyl (C=O) groups is 1. The first-order valence-electron chi connectivity index (χ1n) is 4.93. The summed E-state index contributed by atoms with van der Waals surface area (Å²) in [5.41, 5.74) is 1.57. The number of aromatic nitrogens is 1. The average Bonchev–Trinajstić information content (AvgIpc) is 2.76. The van der Waals surface area contributed by atoms with Crippen molar-refractivity contribution in [2.75, 3.05) is 5.32 Å². The first-order chi connectivity index (χ1) is 8.56. The van der Waals surface area contributed by atoms with Crippen molar-refractivity contribution >= 4 is 50.5 Å². The maximum absolute atomic E-state index is 10.7. The number of benzene rings is 1. The number of aromatic carboxylic acids is 1. The van der Waals surface area contributed by atoms with E-state index in [1.807, 2.05) is 6.07 Å². The van der Waals surface area contributed by atoms with E-state index in [0.29, 0.717) is 17.3 Å². The fourth-order valence-electron chi connectivity index (χ4n) is 1.31. The molecule has 2 N–H and O–H groups in total. The zero-order valence-electron chi connectivity index (χ0n) is 8.98. The molecule has 1 heterocycles. The van der Waals surface area contributed by atoms with Crippen molar-refractivity contribution in [3.63, 3.8) is 0 Å². The van der Waals surface area contributed by atoms with Crippen LogP contribution < -0.4 is 5.32 Å². The van der Waals surface area contributed by atoms with Gasteiger partial charge in [0.05, 0.1) is 12.2 Å². The number of thiazole rings is 1. The molecule has 2 aromatic rings. The number of rotatable bonds is 4. The summed E-state index contributed by atoms with van der Waals surface area (Å²) in [5.74, 6) is -1.00. The van der Waals surface area contributed by atoms with Gasteiger partial charge >= 0.3 is 5.97 Å². The summed E-state index contributed by atoms with van der Waals surface area (Å²) in [6.07, 6.45) is 0. The number of hydrogen-bond acceptors (Lipinski definition) is 4. The fraction of sp³-hybridized carbons (Fsp3) is 0.0909. The van der Waals surface area contributed by atoms with E-state index in [-0.39, 0.29) is 5.01 Å². The Morgan fingerprint density at radius 2 is 2.33 bits per heavy atom. The van der Waals surface area contributed by atoms with Gasteiger partial charge in [0.2, 0.25) is 5.01 Å². The number of nitrogens with one attached hydrogen (secondary N) is 1. The van der Waals surface area contributed by atoms with Gasteiger partial charge in [-0.1, -0.05) is 11.6 Å². The number of carboxylic acid groups (broad SMARTS) is 1. The van der Waals surface area contributed by atoms with Crippen molar-refractivity contribution in [3.8, 4) is 0 Å². The van der Waals surface area contributed by atoms with Crippen LogP contribution in [0.3, 0.4) is 0 Å². The maximum atomic E-state index is 10.7. The van der Waals surface area contributed by atoms with Crippen molar-refractivity contribution in [1.82, 2.24) is 4.98 Å². The number of anilines is 1. The van der Waals surface area contributed by atoms with Crippen LogP contribution in [0.5, 0.6) is 0 Å². The summed E-state index contributed by atoms with van der Waals surface area (Å²) in [7, 11) is 0. The molecule has 18 heavy (non-hydrogen) atoms. The van der Waals surface area contributed by atoms with Gasteiger partial charge in [-0.2, -0.15) is 0 Å². The van der Waals surface area contributed by atoms with Crippen molar-refractivity contribution < 1.29 is 9.90 Å². The summed E-state index contributed by atoms with van der Waals surface area (Å²) in [6, 6.07) is 5.41. The molecule has 1 aromatic heterocycles. The topological polar surface area (TPSA) is 62.2 Å². The van der Waals surface area contributed by atoms with Crippen molar-refractivity contribution in [1.29, 1.82) is 0 Å². The number of carboxylic acids is 1. The standard InChI is InChI=1S/C11H8BrClN2O2S/c12-8-3-6(13)1-2-9(8)14-4-7-5-18-10(15-7)11(16)17/h1-3,5,14H,4H2,(H,16,17). The van der Waals surface area contributed by atoms with Crippen LogP contribution in [0.4, 0.5) is 5.69 Å². The first-order valence-corrected chi connectivity index (χ1v) is 6.98. The smallest absolute Gasteiger partial charge is 0.365 e. The predicted octanol–water partition coefficient (Wildman–Crippen LogP) is 3.87. The zero-order valence-corrected chi connectivity index (χ0v) is 12.1. The highest BCUT2D eigenvalue weighted by Gasteiger charge is 2.09. The minimum atomic E-state index is -1.00. The van der Waals surface area contributed by atoms with E-state index >= 15 is 0 Å². The van der Waals surface area contributed by atoms with Crippen molar-refractivity contribution in [2.45, 2.75) is 6.54 Å². The summed E-state index contributed by atoms with van der Waals surface area (Å²) >= 11 is 10.3. The second-order valence-corrected chi connectivity index (χ2v) is 5.58. The minimum absolute atomic E-state index is 0.0990. The molecule has 0 saturated carbocycles. The molecular formula is C11H8BrClN2O2S. The molecule has 0 saturated heterocycles. The Morgan fingerprint density at radius 1 is 1.56 bits per heavy atom. The normalized spacial score (nSPS) is 10.3. The average molecular weight is 348 g/mol. The van der Waals surface area contributed by atoms with E-state index in [4.69, 9.17) is 16.7 Å². The van der Waals surface area contributed by atoms with E-state index in [1.165, 1.54) is 0 Å². The molecule has 0 spiro atoms. The molecule has 7 heteroatoms. The van der Waals surface area contributed by atoms with Crippen LogP contribution in [0.15, 0.2) is 28.1 Å². The lowest BCUT2D eigenvalue weighted by molar-refractivity contribution is 0.0696. The number of halogens is 2. The molecule has 2 rings (SSSR count). The van der Waals surface area contributed by atoms with Gasteiger partial charge in [-0.15, -0.1) is 11.3 Å². The Kier molecular flexibility index (Phi) is 4.21. The van der Waals surface area contributed by atoms with E-state index in [1.54, 1.807) is 17.5 Å². The Balaban J connectivity index is 2.04. The maximum Gasteiger partial charge on any atom is 0.365 e. The summed E-state index contributed by atoms with van der Waals surface area (Å²) < 4.78 is 0.851. The van der Waals surface area contributed by atoms with Crippen molar-refractivity contribution in [3.05, 3.63) is 43.8 Å². The van der Waals surface area contributed by atoms with Crippen LogP contribution in [0.1, 0.15) is 15.5 Å². The molecule has 0 aliphatic carbocycles. The quantitative estimate of drug-likeness (QED) is 0.881. The lowest BCUT2D eigenvalue weighted by Crippen LogP contribution is -2.02. The van der Waals surface area contributed by atoms with Gasteiger partial charge in [-0.25, -0.2) is 9.78 Å². The SMILES string of the molecule is O=C(O)c1nc(CNc2ccc(Cl)cc2Br)cs1. The monoisotopic (exact) mass is 346 g/mol. The van der Waals surface area contributed by atoms with Crippen LogP contribution in [0.2, 0.25) is 5.02 Å². The zero-order chi connectivity index (χ0) is 13.1. The molecule has 94 valence electrons. The van der Waals surface area contributed by atoms with Crippen LogP contribution in [-0.4, -0.2) is 16.1 Å². The Hall–Kier alpha value is -1.11. The summed E-state index contributed by atoms with van der Waals surface area (Å²) in [6.45, 7) is 0.462. The molecule has 0 unspecified atom stereocenters. The molecule has 0 aliphatic heterocycles. The minimum Gasteiger partial charge on any atom is -0.476 e. The molecular weight excluding hydrogens is 340 g/mol. The molecule has 0 bridgehead atoms. The Bertz CT molecular complexity index is 588.